The average Bonchev–Trinajstić information content (AvgIpc) is 2.95. The number of benzene rings is 1. The molecule has 1 aromatic carbocycles. The molecule has 3 rings (SSSR count). The van der Waals surface area contributed by atoms with Gasteiger partial charge in [-0.25, -0.2) is 0 Å². The lowest BCUT2D eigenvalue weighted by Gasteiger charge is -2.10. The van der Waals surface area contributed by atoms with E-state index in [1.807, 2.05) is 18.2 Å². The smallest absolute Gasteiger partial charge is 0.289 e. The second-order valence-electron chi connectivity index (χ2n) is 4.35. The lowest BCUT2D eigenvalue weighted by atomic mass is 10.1. The maximum Gasteiger partial charge on any atom is 0.289 e. The minimum absolute atomic E-state index is 0.102. The molecule has 1 atom stereocenters. The highest BCUT2D eigenvalue weighted by atomic mass is 32.2. The Morgan fingerprint density at radius 3 is 2.84 bits per heavy atom. The molecular formula is C13H13NO4S. The number of hydrogen-bond acceptors (Lipinski definition) is 5. The van der Waals surface area contributed by atoms with E-state index < -0.39 is 0 Å². The van der Waals surface area contributed by atoms with Gasteiger partial charge in [0.2, 0.25) is 12.7 Å². The molecule has 2 heterocycles. The van der Waals surface area contributed by atoms with Gasteiger partial charge >= 0.3 is 0 Å². The Kier molecular flexibility index (Phi) is 3.10. The van der Waals surface area contributed by atoms with Crippen LogP contribution in [0, 0.1) is 0 Å². The van der Waals surface area contributed by atoms with Gasteiger partial charge in [-0.15, -0.1) is 0 Å². The van der Waals surface area contributed by atoms with Crippen LogP contribution >= 0.6 is 11.8 Å². The Bertz CT molecular complexity index is 545. The van der Waals surface area contributed by atoms with Crippen molar-refractivity contribution >= 4 is 22.9 Å². The lowest BCUT2D eigenvalue weighted by Crippen LogP contribution is -2.31. The highest BCUT2D eigenvalue weighted by Gasteiger charge is 2.38. The first-order valence-electron chi connectivity index (χ1n) is 6.09. The van der Waals surface area contributed by atoms with Crippen LogP contribution in [0.4, 0.5) is 4.79 Å². The summed E-state index contributed by atoms with van der Waals surface area (Å²) in [4.78, 5) is 24.9. The summed E-state index contributed by atoms with van der Waals surface area (Å²) in [6.45, 7) is 2.47. The molecule has 1 aromatic rings. The number of rotatable bonds is 3. The molecule has 6 heteroatoms. The number of nitrogens with zero attached hydrogens (tertiary/aromatic N) is 1. The highest BCUT2D eigenvalue weighted by molar-refractivity contribution is 8.15. The lowest BCUT2D eigenvalue weighted by molar-refractivity contribution is -0.126. The average molecular weight is 279 g/mol. The van der Waals surface area contributed by atoms with Crippen molar-refractivity contribution in [3.8, 4) is 11.5 Å². The summed E-state index contributed by atoms with van der Waals surface area (Å²) in [5.74, 6) is 1.32. The van der Waals surface area contributed by atoms with Gasteiger partial charge in [0, 0.05) is 6.54 Å². The van der Waals surface area contributed by atoms with Gasteiger partial charge in [0.1, 0.15) is 0 Å². The van der Waals surface area contributed by atoms with Gasteiger partial charge < -0.3 is 9.47 Å². The van der Waals surface area contributed by atoms with Crippen molar-refractivity contribution in [2.24, 2.45) is 0 Å². The third-order valence-electron chi connectivity index (χ3n) is 3.18. The van der Waals surface area contributed by atoms with Gasteiger partial charge in [-0.3, -0.25) is 14.5 Å². The Morgan fingerprint density at radius 1 is 1.32 bits per heavy atom. The maximum absolute atomic E-state index is 12.0. The summed E-state index contributed by atoms with van der Waals surface area (Å²) in [5.41, 5.74) is 0.973. The normalized spacial score (nSPS) is 21.3. The molecule has 0 unspecified atom stereocenters. The molecule has 0 bridgehead atoms. The number of hydrogen-bond donors (Lipinski definition) is 0. The molecule has 2 aliphatic rings. The van der Waals surface area contributed by atoms with E-state index in [1.165, 1.54) is 4.90 Å². The van der Waals surface area contributed by atoms with Crippen molar-refractivity contribution in [3.05, 3.63) is 23.8 Å². The second kappa shape index (κ2) is 4.77. The first-order chi connectivity index (χ1) is 9.19. The summed E-state index contributed by atoms with van der Waals surface area (Å²) < 4.78 is 10.5. The van der Waals surface area contributed by atoms with Crippen molar-refractivity contribution < 1.29 is 19.1 Å². The van der Waals surface area contributed by atoms with Crippen LogP contribution in [0.25, 0.3) is 0 Å². The summed E-state index contributed by atoms with van der Waals surface area (Å²) in [7, 11) is 0. The van der Waals surface area contributed by atoms with Crippen LogP contribution in [-0.2, 0) is 11.2 Å². The molecule has 19 heavy (non-hydrogen) atoms. The van der Waals surface area contributed by atoms with Crippen LogP contribution in [-0.4, -0.2) is 34.6 Å². The molecule has 0 radical (unpaired) electrons. The minimum Gasteiger partial charge on any atom is -0.454 e. The van der Waals surface area contributed by atoms with Crippen LogP contribution < -0.4 is 9.47 Å². The number of thioether (sulfide) groups is 1. The number of imide groups is 1. The molecule has 0 aromatic heterocycles. The fraction of sp³-hybridized carbons (Fsp3) is 0.385. The van der Waals surface area contributed by atoms with Crippen LogP contribution in [0.2, 0.25) is 0 Å². The van der Waals surface area contributed by atoms with E-state index in [-0.39, 0.29) is 23.2 Å². The standard InChI is InChI=1S/C13H13NO4S/c1-2-14-12(15)11(19-13(14)16)6-8-3-4-9-10(5-8)18-7-17-9/h3-5,11H,2,6-7H2,1H3/t11-/m1/s1. The van der Waals surface area contributed by atoms with E-state index in [1.54, 1.807) is 6.92 Å². The molecule has 2 aliphatic heterocycles. The molecule has 2 amide bonds. The molecule has 0 spiro atoms. The molecule has 100 valence electrons. The number of amides is 2. The quantitative estimate of drug-likeness (QED) is 0.847. The molecule has 0 aliphatic carbocycles. The fourth-order valence-electron chi connectivity index (χ4n) is 2.20. The Labute approximate surface area is 114 Å². The topological polar surface area (TPSA) is 55.8 Å². The van der Waals surface area contributed by atoms with Crippen molar-refractivity contribution in [2.75, 3.05) is 13.3 Å². The zero-order chi connectivity index (χ0) is 13.4. The SMILES string of the molecule is CCN1C(=O)S[C@H](Cc2ccc3c(c2)OCO3)C1=O. The van der Waals surface area contributed by atoms with Crippen molar-refractivity contribution in [1.82, 2.24) is 4.90 Å². The minimum atomic E-state index is -0.326. The summed E-state index contributed by atoms with van der Waals surface area (Å²) in [5, 5.41) is -0.480. The van der Waals surface area contributed by atoms with Gasteiger partial charge in [-0.05, 0) is 31.0 Å². The van der Waals surface area contributed by atoms with E-state index in [4.69, 9.17) is 9.47 Å². The largest absolute Gasteiger partial charge is 0.454 e. The van der Waals surface area contributed by atoms with E-state index in [9.17, 15) is 9.59 Å². The van der Waals surface area contributed by atoms with Gasteiger partial charge in [-0.2, -0.15) is 0 Å². The van der Waals surface area contributed by atoms with E-state index >= 15 is 0 Å². The van der Waals surface area contributed by atoms with Crippen molar-refractivity contribution in [3.63, 3.8) is 0 Å². The third-order valence-corrected chi connectivity index (χ3v) is 4.25. The molecule has 1 saturated heterocycles. The van der Waals surface area contributed by atoms with E-state index in [2.05, 4.69) is 0 Å². The molecule has 0 N–H and O–H groups in total. The Balaban J connectivity index is 1.75. The first-order valence-corrected chi connectivity index (χ1v) is 6.97. The number of fused-ring (bicyclic) bond motifs is 1. The predicted octanol–water partition coefficient (Wildman–Crippen LogP) is 2.04. The summed E-state index contributed by atoms with van der Waals surface area (Å²) in [6, 6.07) is 5.61. The Hall–Kier alpha value is -1.69. The van der Waals surface area contributed by atoms with Gasteiger partial charge in [0.15, 0.2) is 11.5 Å². The van der Waals surface area contributed by atoms with Crippen LogP contribution in [0.1, 0.15) is 12.5 Å². The monoisotopic (exact) mass is 279 g/mol. The van der Waals surface area contributed by atoms with Crippen molar-refractivity contribution in [2.45, 2.75) is 18.6 Å². The summed E-state index contributed by atoms with van der Waals surface area (Å²) >= 11 is 1.10. The van der Waals surface area contributed by atoms with Gasteiger partial charge in [-0.1, -0.05) is 17.8 Å². The Morgan fingerprint density at radius 2 is 2.11 bits per heavy atom. The number of ether oxygens (including phenoxy) is 2. The summed E-state index contributed by atoms with van der Waals surface area (Å²) in [6.07, 6.45) is 0.530. The molecule has 5 nitrogen and oxygen atoms in total. The number of carbonyl (C=O) groups is 2. The second-order valence-corrected chi connectivity index (χ2v) is 5.50. The molecular weight excluding hydrogens is 266 g/mol. The highest BCUT2D eigenvalue weighted by Crippen LogP contribution is 2.35. The zero-order valence-corrected chi connectivity index (χ0v) is 11.2. The zero-order valence-electron chi connectivity index (χ0n) is 10.4. The molecule has 1 fully saturated rings. The predicted molar refractivity (Wildman–Crippen MR) is 70.4 cm³/mol. The van der Waals surface area contributed by atoms with Crippen LogP contribution in [0.3, 0.4) is 0 Å². The van der Waals surface area contributed by atoms with Crippen molar-refractivity contribution in [1.29, 1.82) is 0 Å². The third kappa shape index (κ3) is 2.16. The maximum atomic E-state index is 12.0. The first kappa shape index (κ1) is 12.3. The molecule has 0 saturated carbocycles. The van der Waals surface area contributed by atoms with Gasteiger partial charge in [0.25, 0.3) is 5.24 Å². The van der Waals surface area contributed by atoms with Crippen LogP contribution in [0.5, 0.6) is 11.5 Å². The number of carbonyl (C=O) groups excluding carboxylic acids is 2. The van der Waals surface area contributed by atoms with Gasteiger partial charge in [0.05, 0.1) is 5.25 Å². The fourth-order valence-corrected chi connectivity index (χ4v) is 3.29. The van der Waals surface area contributed by atoms with E-state index in [0.717, 1.165) is 23.1 Å². The van der Waals surface area contributed by atoms with Crippen LogP contribution in [0.15, 0.2) is 18.2 Å². The van der Waals surface area contributed by atoms with E-state index in [0.29, 0.717) is 18.7 Å².